The lowest BCUT2D eigenvalue weighted by Gasteiger charge is -2.20. The van der Waals surface area contributed by atoms with Gasteiger partial charge in [-0.3, -0.25) is 0 Å². The van der Waals surface area contributed by atoms with Gasteiger partial charge in [-0.2, -0.15) is 0 Å². The summed E-state index contributed by atoms with van der Waals surface area (Å²) < 4.78 is 5.76. The molecule has 49 heavy (non-hydrogen) atoms. The normalized spacial score (nSPS) is 15.2. The molecule has 0 bridgehead atoms. The Morgan fingerprint density at radius 3 is 2.29 bits per heavy atom. The molecule has 0 radical (unpaired) electrons. The van der Waals surface area contributed by atoms with Crippen LogP contribution in [-0.4, -0.2) is 30.5 Å². The van der Waals surface area contributed by atoms with Crippen LogP contribution in [0.5, 0.6) is 5.75 Å². The molecule has 1 unspecified atom stereocenters. The van der Waals surface area contributed by atoms with Crippen molar-refractivity contribution >= 4 is 17.3 Å². The van der Waals surface area contributed by atoms with Crippen molar-refractivity contribution in [3.05, 3.63) is 125 Å². The highest BCUT2D eigenvalue weighted by atomic mass is 16.5. The van der Waals surface area contributed by atoms with Gasteiger partial charge in [-0.15, -0.1) is 0 Å². The molecule has 0 amide bonds. The molecule has 0 aliphatic carbocycles. The van der Waals surface area contributed by atoms with Gasteiger partial charge in [-0.1, -0.05) is 83.5 Å². The second-order valence-electron chi connectivity index (χ2n) is 13.0. The zero-order valence-corrected chi connectivity index (χ0v) is 30.9. The van der Waals surface area contributed by atoms with Gasteiger partial charge < -0.3 is 20.3 Å². The number of rotatable bonds is 9. The van der Waals surface area contributed by atoms with Gasteiger partial charge in [0.15, 0.2) is 0 Å². The van der Waals surface area contributed by atoms with Gasteiger partial charge in [0.25, 0.3) is 0 Å². The number of fused-ring (bicyclic) bond motifs is 1. The molecular formula is C44H57N3O2. The molecule has 6 rings (SSSR count). The van der Waals surface area contributed by atoms with E-state index >= 15 is 0 Å². The third kappa shape index (κ3) is 10.6. The molecule has 5 heteroatoms. The molecule has 2 aliphatic rings. The third-order valence-corrected chi connectivity index (χ3v) is 8.94. The molecule has 1 saturated heterocycles. The number of allylic oxidation sites excluding steroid dienone is 1. The highest BCUT2D eigenvalue weighted by Gasteiger charge is 2.20. The van der Waals surface area contributed by atoms with Gasteiger partial charge in [0.1, 0.15) is 11.6 Å². The van der Waals surface area contributed by atoms with E-state index in [4.69, 9.17) is 4.74 Å². The summed E-state index contributed by atoms with van der Waals surface area (Å²) in [6.45, 7) is 18.6. The highest BCUT2D eigenvalue weighted by molar-refractivity contribution is 5.91. The van der Waals surface area contributed by atoms with Crippen LogP contribution in [0.1, 0.15) is 105 Å². The molecule has 1 fully saturated rings. The van der Waals surface area contributed by atoms with Crippen LogP contribution in [0.25, 0.3) is 11.1 Å². The van der Waals surface area contributed by atoms with Gasteiger partial charge in [0.05, 0.1) is 5.56 Å². The predicted octanol–water partition coefficient (Wildman–Crippen LogP) is 11.5. The van der Waals surface area contributed by atoms with Crippen LogP contribution in [0.15, 0.2) is 96.8 Å². The van der Waals surface area contributed by atoms with E-state index < -0.39 is 0 Å². The second-order valence-corrected chi connectivity index (χ2v) is 13.0. The van der Waals surface area contributed by atoms with Crippen LogP contribution in [-0.2, 0) is 6.42 Å². The molecule has 0 spiro atoms. The number of benzene rings is 4. The topological polar surface area (TPSA) is 53.6 Å². The Bertz CT molecular complexity index is 1650. The average molecular weight is 660 g/mol. The summed E-state index contributed by atoms with van der Waals surface area (Å²) in [4.78, 5) is 15.3. The third-order valence-electron chi connectivity index (χ3n) is 8.94. The number of aryl methyl sites for hydroxylation is 3. The number of nitrogens with zero attached hydrogens (tertiary/aromatic N) is 1. The zero-order valence-electron chi connectivity index (χ0n) is 30.9. The molecule has 2 N–H and O–H groups in total. The summed E-state index contributed by atoms with van der Waals surface area (Å²) in [5.41, 5.74) is 9.96. The Kier molecular flexibility index (Phi) is 14.5. The van der Waals surface area contributed by atoms with E-state index in [0.717, 1.165) is 46.7 Å². The maximum absolute atomic E-state index is 12.7. The fourth-order valence-electron chi connectivity index (χ4n) is 6.54. The Morgan fingerprint density at radius 1 is 0.898 bits per heavy atom. The van der Waals surface area contributed by atoms with E-state index in [0.29, 0.717) is 17.2 Å². The molecular weight excluding hydrogens is 603 g/mol. The average Bonchev–Trinajstić information content (AvgIpc) is 3.58. The summed E-state index contributed by atoms with van der Waals surface area (Å²) in [6, 6.07) is 28.3. The van der Waals surface area contributed by atoms with Crippen LogP contribution in [0.3, 0.4) is 0 Å². The molecule has 4 aromatic rings. The molecule has 0 aromatic heterocycles. The summed E-state index contributed by atoms with van der Waals surface area (Å²) in [5, 5.41) is 7.35. The monoisotopic (exact) mass is 659 g/mol. The van der Waals surface area contributed by atoms with Crippen molar-refractivity contribution < 1.29 is 9.53 Å². The van der Waals surface area contributed by atoms with Crippen molar-refractivity contribution in [1.29, 1.82) is 0 Å². The number of carbonyl (C=O) groups excluding carboxylic acids is 1. The lowest BCUT2D eigenvalue weighted by atomic mass is 9.89. The van der Waals surface area contributed by atoms with Crippen molar-refractivity contribution in [2.75, 3.05) is 30.3 Å². The minimum absolute atomic E-state index is 0.357. The SMILES string of the molecule is CC.CCC.Cc1ccc(OC(=O)c2ccccc2)cc1-c1cc(C)c2c(c1)NC(Nc1ccc(CCCN3CCCC3)cc1)=CCC2C. The van der Waals surface area contributed by atoms with E-state index in [1.807, 2.05) is 50.2 Å². The number of nitrogens with one attached hydrogen (secondary N) is 2. The quantitative estimate of drug-likeness (QED) is 0.138. The van der Waals surface area contributed by atoms with Crippen molar-refractivity contribution in [3.63, 3.8) is 0 Å². The van der Waals surface area contributed by atoms with Crippen molar-refractivity contribution in [2.24, 2.45) is 0 Å². The zero-order chi connectivity index (χ0) is 35.2. The lowest BCUT2D eigenvalue weighted by Crippen LogP contribution is -2.20. The van der Waals surface area contributed by atoms with E-state index in [1.54, 1.807) is 12.1 Å². The summed E-state index contributed by atoms with van der Waals surface area (Å²) in [7, 11) is 0. The molecule has 5 nitrogen and oxygen atoms in total. The van der Waals surface area contributed by atoms with Crippen molar-refractivity contribution in [2.45, 2.75) is 92.9 Å². The second kappa shape index (κ2) is 19.0. The molecule has 2 aliphatic heterocycles. The van der Waals surface area contributed by atoms with E-state index in [9.17, 15) is 4.79 Å². The number of likely N-dealkylation sites (tertiary alicyclic amines) is 1. The number of ether oxygens (including phenoxy) is 1. The maximum atomic E-state index is 12.7. The lowest BCUT2D eigenvalue weighted by molar-refractivity contribution is 0.0735. The molecule has 260 valence electrons. The first kappa shape index (κ1) is 37.5. The fraction of sp³-hybridized carbons (Fsp3) is 0.386. The minimum atomic E-state index is -0.357. The maximum Gasteiger partial charge on any atom is 0.343 e. The highest BCUT2D eigenvalue weighted by Crippen LogP contribution is 2.39. The van der Waals surface area contributed by atoms with E-state index in [-0.39, 0.29) is 5.97 Å². The standard InChI is InChI=1S/C39H43N3O2.C3H8.C2H6/c1-27-13-19-34(44-39(43)31-11-5-4-6-12-31)26-35(27)32-24-29(3)38-28(2)14-20-37(41-36(38)25-32)40-33-17-15-30(16-18-33)10-9-23-42-21-7-8-22-42;1-3-2;1-2/h4-6,11-13,15-20,24-26,28,40-41H,7-10,14,21-23H2,1-3H3;3H2,1-2H3;1-2H3. The van der Waals surface area contributed by atoms with Crippen LogP contribution < -0.4 is 15.4 Å². The molecule has 1 atom stereocenters. The summed E-state index contributed by atoms with van der Waals surface area (Å²) >= 11 is 0. The van der Waals surface area contributed by atoms with Crippen molar-refractivity contribution in [1.82, 2.24) is 4.90 Å². The van der Waals surface area contributed by atoms with Gasteiger partial charge in [0.2, 0.25) is 0 Å². The number of esters is 1. The van der Waals surface area contributed by atoms with Crippen LogP contribution in [0, 0.1) is 13.8 Å². The Balaban J connectivity index is 0.00000103. The first-order valence-electron chi connectivity index (χ1n) is 18.4. The summed E-state index contributed by atoms with van der Waals surface area (Å²) in [5.74, 6) is 1.55. The number of hydrogen-bond donors (Lipinski definition) is 2. The number of hydrogen-bond acceptors (Lipinski definition) is 5. The minimum Gasteiger partial charge on any atom is -0.423 e. The van der Waals surface area contributed by atoms with E-state index in [2.05, 4.69) is 92.6 Å². The molecule has 0 saturated carbocycles. The predicted molar refractivity (Wildman–Crippen MR) is 209 cm³/mol. The fourth-order valence-corrected chi connectivity index (χ4v) is 6.54. The van der Waals surface area contributed by atoms with Gasteiger partial charge in [-0.25, -0.2) is 4.79 Å². The van der Waals surface area contributed by atoms with Crippen LogP contribution >= 0.6 is 0 Å². The van der Waals surface area contributed by atoms with Crippen molar-refractivity contribution in [3.8, 4) is 16.9 Å². The molecule has 2 heterocycles. The van der Waals surface area contributed by atoms with E-state index in [1.165, 1.54) is 62.0 Å². The summed E-state index contributed by atoms with van der Waals surface area (Å²) in [6.07, 6.45) is 9.51. The van der Waals surface area contributed by atoms with Gasteiger partial charge in [0, 0.05) is 11.4 Å². The van der Waals surface area contributed by atoms with Crippen LogP contribution in [0.4, 0.5) is 11.4 Å². The van der Waals surface area contributed by atoms with Gasteiger partial charge >= 0.3 is 5.97 Å². The number of anilines is 2. The first-order valence-corrected chi connectivity index (χ1v) is 18.4. The van der Waals surface area contributed by atoms with Gasteiger partial charge in [-0.05, 0) is 153 Å². The number of carbonyl (C=O) groups is 1. The Hall–Kier alpha value is -4.35. The largest absolute Gasteiger partial charge is 0.423 e. The Labute approximate surface area is 295 Å². The first-order chi connectivity index (χ1) is 23.8. The van der Waals surface area contributed by atoms with Crippen LogP contribution in [0.2, 0.25) is 0 Å². The molecule has 4 aromatic carbocycles. The Morgan fingerprint density at radius 2 is 1.59 bits per heavy atom. The smallest absolute Gasteiger partial charge is 0.343 e.